The molecule has 1 aromatic heterocycles. The molecule has 122 valence electrons. The molecular formula is C19H19N3O2. The maximum absolute atomic E-state index is 11.8. The van der Waals surface area contributed by atoms with E-state index in [4.69, 9.17) is 10.5 Å². The van der Waals surface area contributed by atoms with Gasteiger partial charge in [0.1, 0.15) is 5.75 Å². The van der Waals surface area contributed by atoms with Crippen molar-refractivity contribution in [1.82, 2.24) is 4.98 Å². The fourth-order valence-corrected chi connectivity index (χ4v) is 2.64. The van der Waals surface area contributed by atoms with Gasteiger partial charge in [-0.25, -0.2) is 0 Å². The summed E-state index contributed by atoms with van der Waals surface area (Å²) in [4.78, 5) is 16.1. The summed E-state index contributed by atoms with van der Waals surface area (Å²) in [5.41, 5.74) is 9.38. The number of aryl methyl sites for hydroxylation is 1. The standard InChI is InChI=1S/C19H19N3O2/c1-3-12-5-4-6-13(9-12)22-18-15-8-7-14(24-2)10-17(15)21-11-16(18)19(20)23/h4-11H,3H2,1-2H3,(H2,20,23)(H,21,22). The first-order chi connectivity index (χ1) is 11.6. The molecule has 0 radical (unpaired) electrons. The summed E-state index contributed by atoms with van der Waals surface area (Å²) in [6.07, 6.45) is 2.43. The van der Waals surface area contributed by atoms with E-state index in [1.165, 1.54) is 11.8 Å². The van der Waals surface area contributed by atoms with Crippen LogP contribution in [-0.4, -0.2) is 18.0 Å². The Balaban J connectivity index is 2.15. The van der Waals surface area contributed by atoms with E-state index in [2.05, 4.69) is 29.4 Å². The molecule has 3 N–H and O–H groups in total. The number of aromatic nitrogens is 1. The first-order valence-electron chi connectivity index (χ1n) is 7.75. The average molecular weight is 321 g/mol. The number of hydrogen-bond donors (Lipinski definition) is 2. The minimum absolute atomic E-state index is 0.356. The number of nitrogens with one attached hydrogen (secondary N) is 1. The smallest absolute Gasteiger partial charge is 0.252 e. The number of fused-ring (bicyclic) bond motifs is 1. The predicted octanol–water partition coefficient (Wildman–Crippen LogP) is 3.65. The van der Waals surface area contributed by atoms with E-state index >= 15 is 0 Å². The maximum Gasteiger partial charge on any atom is 0.252 e. The van der Waals surface area contributed by atoms with Crippen molar-refractivity contribution in [3.8, 4) is 5.75 Å². The summed E-state index contributed by atoms with van der Waals surface area (Å²) in [6.45, 7) is 2.10. The van der Waals surface area contributed by atoms with Crippen LogP contribution in [0.1, 0.15) is 22.8 Å². The number of primary amides is 1. The monoisotopic (exact) mass is 321 g/mol. The summed E-state index contributed by atoms with van der Waals surface area (Å²) in [5.74, 6) is 0.190. The number of amides is 1. The lowest BCUT2D eigenvalue weighted by molar-refractivity contribution is 0.100. The van der Waals surface area contributed by atoms with Crippen molar-refractivity contribution < 1.29 is 9.53 Å². The van der Waals surface area contributed by atoms with Crippen molar-refractivity contribution in [1.29, 1.82) is 0 Å². The number of hydrogen-bond acceptors (Lipinski definition) is 4. The molecule has 0 aliphatic heterocycles. The number of carbonyl (C=O) groups excluding carboxylic acids is 1. The lowest BCUT2D eigenvalue weighted by Crippen LogP contribution is -2.14. The number of rotatable bonds is 5. The first-order valence-corrected chi connectivity index (χ1v) is 7.75. The molecule has 0 spiro atoms. The van der Waals surface area contributed by atoms with Gasteiger partial charge in [0, 0.05) is 23.3 Å². The number of benzene rings is 2. The van der Waals surface area contributed by atoms with Crippen LogP contribution in [0.2, 0.25) is 0 Å². The summed E-state index contributed by atoms with van der Waals surface area (Å²) >= 11 is 0. The van der Waals surface area contributed by atoms with Crippen molar-refractivity contribution in [3.05, 3.63) is 59.8 Å². The third kappa shape index (κ3) is 3.01. The second-order valence-corrected chi connectivity index (χ2v) is 5.47. The second-order valence-electron chi connectivity index (χ2n) is 5.47. The molecule has 0 atom stereocenters. The Morgan fingerprint density at radius 3 is 2.79 bits per heavy atom. The normalized spacial score (nSPS) is 10.6. The van der Waals surface area contributed by atoms with Gasteiger partial charge < -0.3 is 15.8 Å². The SMILES string of the molecule is CCc1cccc(Nc2c(C(N)=O)cnc3cc(OC)ccc23)c1. The van der Waals surface area contributed by atoms with Crippen molar-refractivity contribution in [2.75, 3.05) is 12.4 Å². The summed E-state index contributed by atoms with van der Waals surface area (Å²) in [6, 6.07) is 13.6. The number of pyridine rings is 1. The third-order valence-corrected chi connectivity index (χ3v) is 3.95. The zero-order valence-corrected chi connectivity index (χ0v) is 13.7. The van der Waals surface area contributed by atoms with Gasteiger partial charge in [-0.15, -0.1) is 0 Å². The highest BCUT2D eigenvalue weighted by molar-refractivity contribution is 6.07. The fourth-order valence-electron chi connectivity index (χ4n) is 2.64. The topological polar surface area (TPSA) is 77.2 Å². The van der Waals surface area contributed by atoms with Crippen molar-refractivity contribution in [2.45, 2.75) is 13.3 Å². The summed E-state index contributed by atoms with van der Waals surface area (Å²) in [7, 11) is 1.61. The molecule has 5 nitrogen and oxygen atoms in total. The quantitative estimate of drug-likeness (QED) is 0.752. The Labute approximate surface area is 140 Å². The summed E-state index contributed by atoms with van der Waals surface area (Å²) in [5, 5.41) is 4.14. The van der Waals surface area contributed by atoms with Crippen molar-refractivity contribution in [3.63, 3.8) is 0 Å². The molecule has 0 bridgehead atoms. The van der Waals surface area contributed by atoms with Gasteiger partial charge >= 0.3 is 0 Å². The molecule has 0 saturated carbocycles. The number of nitrogens with two attached hydrogens (primary N) is 1. The summed E-state index contributed by atoms with van der Waals surface area (Å²) < 4.78 is 5.24. The van der Waals surface area contributed by atoms with Gasteiger partial charge in [0.05, 0.1) is 23.9 Å². The number of nitrogens with zero attached hydrogens (tertiary/aromatic N) is 1. The molecule has 0 unspecified atom stereocenters. The Morgan fingerprint density at radius 2 is 2.08 bits per heavy atom. The number of anilines is 2. The lowest BCUT2D eigenvalue weighted by atomic mass is 10.1. The molecule has 24 heavy (non-hydrogen) atoms. The average Bonchev–Trinajstić information content (AvgIpc) is 2.61. The largest absolute Gasteiger partial charge is 0.497 e. The molecule has 3 aromatic rings. The Bertz CT molecular complexity index is 906. The number of carbonyl (C=O) groups is 1. The van der Waals surface area contributed by atoms with Crippen LogP contribution < -0.4 is 15.8 Å². The van der Waals surface area contributed by atoms with Gasteiger partial charge in [0.25, 0.3) is 5.91 Å². The lowest BCUT2D eigenvalue weighted by Gasteiger charge is -2.14. The maximum atomic E-state index is 11.8. The third-order valence-electron chi connectivity index (χ3n) is 3.95. The van der Waals surface area contributed by atoms with Crippen molar-refractivity contribution in [2.24, 2.45) is 5.73 Å². The molecule has 1 heterocycles. The van der Waals surface area contributed by atoms with E-state index in [-0.39, 0.29) is 0 Å². The zero-order chi connectivity index (χ0) is 17.1. The molecule has 3 rings (SSSR count). The van der Waals surface area contributed by atoms with E-state index in [1.54, 1.807) is 7.11 Å². The predicted molar refractivity (Wildman–Crippen MR) is 95.9 cm³/mol. The van der Waals surface area contributed by atoms with Gasteiger partial charge in [-0.2, -0.15) is 0 Å². The zero-order valence-electron chi connectivity index (χ0n) is 13.7. The minimum Gasteiger partial charge on any atom is -0.497 e. The molecule has 2 aromatic carbocycles. The van der Waals surface area contributed by atoms with E-state index in [1.807, 2.05) is 30.3 Å². The van der Waals surface area contributed by atoms with Crippen LogP contribution in [0.25, 0.3) is 10.9 Å². The first kappa shape index (κ1) is 15.8. The molecule has 0 fully saturated rings. The van der Waals surface area contributed by atoms with E-state index in [0.29, 0.717) is 17.0 Å². The number of methoxy groups -OCH3 is 1. The Hall–Kier alpha value is -3.08. The minimum atomic E-state index is -0.519. The van der Waals surface area contributed by atoms with E-state index < -0.39 is 5.91 Å². The molecule has 1 amide bonds. The van der Waals surface area contributed by atoms with Crippen LogP contribution >= 0.6 is 0 Å². The van der Waals surface area contributed by atoms with Gasteiger partial charge in [0.15, 0.2) is 0 Å². The van der Waals surface area contributed by atoms with Crippen LogP contribution in [0.5, 0.6) is 5.75 Å². The molecule has 0 aliphatic carbocycles. The van der Waals surface area contributed by atoms with Crippen LogP contribution in [0.3, 0.4) is 0 Å². The highest BCUT2D eigenvalue weighted by Gasteiger charge is 2.14. The van der Waals surface area contributed by atoms with Gasteiger partial charge in [-0.3, -0.25) is 9.78 Å². The van der Waals surface area contributed by atoms with Gasteiger partial charge in [0.2, 0.25) is 0 Å². The van der Waals surface area contributed by atoms with E-state index in [9.17, 15) is 4.79 Å². The Kier molecular flexibility index (Phi) is 4.33. The van der Waals surface area contributed by atoms with Gasteiger partial charge in [-0.1, -0.05) is 19.1 Å². The molecule has 5 heteroatoms. The van der Waals surface area contributed by atoms with Crippen molar-refractivity contribution >= 4 is 28.2 Å². The highest BCUT2D eigenvalue weighted by Crippen LogP contribution is 2.31. The molecule has 0 aliphatic rings. The highest BCUT2D eigenvalue weighted by atomic mass is 16.5. The fraction of sp³-hybridized carbons (Fsp3) is 0.158. The van der Waals surface area contributed by atoms with Crippen LogP contribution in [0, 0.1) is 0 Å². The van der Waals surface area contributed by atoms with Crippen LogP contribution in [0.4, 0.5) is 11.4 Å². The molecule has 0 saturated heterocycles. The molecular weight excluding hydrogens is 302 g/mol. The van der Waals surface area contributed by atoms with E-state index in [0.717, 1.165) is 23.0 Å². The second kappa shape index (κ2) is 6.58. The van der Waals surface area contributed by atoms with Crippen LogP contribution in [-0.2, 0) is 6.42 Å². The Morgan fingerprint density at radius 1 is 1.25 bits per heavy atom. The van der Waals surface area contributed by atoms with Gasteiger partial charge in [-0.05, 0) is 36.2 Å². The van der Waals surface area contributed by atoms with Crippen LogP contribution in [0.15, 0.2) is 48.7 Å². The number of ether oxygens (including phenoxy) is 1.